The fourth-order valence-electron chi connectivity index (χ4n) is 2.03. The molecule has 0 unspecified atom stereocenters. The lowest BCUT2D eigenvalue weighted by molar-refractivity contribution is -0.129. The van der Waals surface area contributed by atoms with E-state index in [-0.39, 0.29) is 11.5 Å². The lowest BCUT2D eigenvalue weighted by atomic mass is 10.2. The van der Waals surface area contributed by atoms with E-state index in [1.54, 1.807) is 6.08 Å². The first kappa shape index (κ1) is 18.3. The minimum atomic E-state index is -0.538. The highest BCUT2D eigenvalue weighted by Crippen LogP contribution is 2.28. The van der Waals surface area contributed by atoms with Gasteiger partial charge in [-0.25, -0.2) is 9.59 Å². The average molecular weight is 340 g/mol. The highest BCUT2D eigenvalue weighted by atomic mass is 16.6. The summed E-state index contributed by atoms with van der Waals surface area (Å²) in [4.78, 5) is 23.8. The molecule has 0 spiro atoms. The molecule has 2 rings (SSSR count). The van der Waals surface area contributed by atoms with Gasteiger partial charge in [0.2, 0.25) is 0 Å². The Morgan fingerprint density at radius 3 is 2.48 bits per heavy atom. The van der Waals surface area contributed by atoms with Crippen LogP contribution in [0.3, 0.4) is 0 Å². The molecule has 0 heterocycles. The van der Waals surface area contributed by atoms with Gasteiger partial charge in [0.1, 0.15) is 0 Å². The molecule has 0 radical (unpaired) electrons. The predicted octanol–water partition coefficient (Wildman–Crippen LogP) is 3.88. The topological polar surface area (TPSA) is 61.8 Å². The number of carbonyl (C=O) groups excluding carboxylic acids is 2. The molecular weight excluding hydrogens is 320 g/mol. The summed E-state index contributed by atoms with van der Waals surface area (Å²) in [5.74, 6) is -0.463. The number of carbonyl (C=O) groups is 2. The molecule has 0 saturated heterocycles. The highest BCUT2D eigenvalue weighted by molar-refractivity contribution is 5.91. The van der Waals surface area contributed by atoms with Crippen molar-refractivity contribution in [1.82, 2.24) is 0 Å². The zero-order chi connectivity index (χ0) is 18.1. The van der Waals surface area contributed by atoms with Crippen LogP contribution in [0.15, 0.2) is 54.6 Å². The summed E-state index contributed by atoms with van der Waals surface area (Å²) in [6, 6.07) is 13.9. The van der Waals surface area contributed by atoms with E-state index in [0.29, 0.717) is 12.2 Å². The Kier molecular flexibility index (Phi) is 6.77. The van der Waals surface area contributed by atoms with Gasteiger partial charge in [-0.2, -0.15) is 0 Å². The van der Waals surface area contributed by atoms with E-state index in [4.69, 9.17) is 14.2 Å². The van der Waals surface area contributed by atoms with E-state index >= 15 is 0 Å². The molecule has 0 atom stereocenters. The second-order valence-corrected chi connectivity index (χ2v) is 5.17. The van der Waals surface area contributed by atoms with Crippen LogP contribution in [0.1, 0.15) is 29.3 Å². The van der Waals surface area contributed by atoms with Crippen LogP contribution in [0.4, 0.5) is 0 Å². The molecule has 0 amide bonds. The van der Waals surface area contributed by atoms with Gasteiger partial charge in [-0.05, 0) is 36.3 Å². The van der Waals surface area contributed by atoms with Crippen molar-refractivity contribution in [1.29, 1.82) is 0 Å². The summed E-state index contributed by atoms with van der Waals surface area (Å²) in [7, 11) is 1.44. The Hall–Kier alpha value is -3.08. The van der Waals surface area contributed by atoms with E-state index in [2.05, 4.69) is 0 Å². The number of benzene rings is 2. The summed E-state index contributed by atoms with van der Waals surface area (Å²) >= 11 is 0. The Labute approximate surface area is 146 Å². The van der Waals surface area contributed by atoms with E-state index in [9.17, 15) is 9.59 Å². The molecule has 0 bridgehead atoms. The number of esters is 2. The van der Waals surface area contributed by atoms with Crippen molar-refractivity contribution < 1.29 is 23.8 Å². The van der Waals surface area contributed by atoms with Crippen LogP contribution in [0, 0.1) is 0 Å². The van der Waals surface area contributed by atoms with Crippen LogP contribution >= 0.6 is 0 Å². The molecule has 130 valence electrons. The van der Waals surface area contributed by atoms with Gasteiger partial charge in [0.05, 0.1) is 19.3 Å². The van der Waals surface area contributed by atoms with E-state index in [0.717, 1.165) is 12.0 Å². The second-order valence-electron chi connectivity index (χ2n) is 5.17. The molecule has 0 fully saturated rings. The number of ether oxygens (including phenoxy) is 3. The maximum Gasteiger partial charge on any atom is 0.338 e. The van der Waals surface area contributed by atoms with Gasteiger partial charge in [0.25, 0.3) is 0 Å². The molecule has 0 aliphatic heterocycles. The van der Waals surface area contributed by atoms with Crippen molar-refractivity contribution in [3.63, 3.8) is 0 Å². The third kappa shape index (κ3) is 5.49. The molecular formula is C20H20O5. The second kappa shape index (κ2) is 9.27. The molecule has 0 aromatic heterocycles. The normalized spacial score (nSPS) is 10.5. The molecule has 0 saturated carbocycles. The van der Waals surface area contributed by atoms with Crippen molar-refractivity contribution in [3.05, 3.63) is 65.7 Å². The smallest absolute Gasteiger partial charge is 0.338 e. The minimum Gasteiger partial charge on any atom is -0.493 e. The average Bonchev–Trinajstić information content (AvgIpc) is 2.65. The van der Waals surface area contributed by atoms with Gasteiger partial charge in [0, 0.05) is 6.08 Å². The maximum absolute atomic E-state index is 12.0. The summed E-state index contributed by atoms with van der Waals surface area (Å²) in [6.45, 7) is 2.27. The van der Waals surface area contributed by atoms with Crippen LogP contribution in [0.2, 0.25) is 0 Å². The maximum atomic E-state index is 12.0. The first-order valence-electron chi connectivity index (χ1n) is 7.94. The zero-order valence-electron chi connectivity index (χ0n) is 14.2. The minimum absolute atomic E-state index is 0.234. The highest BCUT2D eigenvalue weighted by Gasteiger charge is 2.13. The quantitative estimate of drug-likeness (QED) is 0.435. The van der Waals surface area contributed by atoms with Gasteiger partial charge in [-0.15, -0.1) is 0 Å². The van der Waals surface area contributed by atoms with Crippen LogP contribution < -0.4 is 9.47 Å². The van der Waals surface area contributed by atoms with Crippen molar-refractivity contribution in [2.45, 2.75) is 13.3 Å². The summed E-state index contributed by atoms with van der Waals surface area (Å²) in [5, 5.41) is 0. The summed E-state index contributed by atoms with van der Waals surface area (Å²) in [6.07, 6.45) is 3.73. The van der Waals surface area contributed by atoms with Crippen LogP contribution in [0.25, 0.3) is 6.08 Å². The first-order valence-corrected chi connectivity index (χ1v) is 7.94. The molecule has 5 heteroatoms. The summed E-state index contributed by atoms with van der Waals surface area (Å²) < 4.78 is 15.5. The fraction of sp³-hybridized carbons (Fsp3) is 0.200. The SMILES string of the molecule is CCCOC(=O)c1ccc(OC(=O)C=Cc2ccccc2)c(OC)c1. The lowest BCUT2D eigenvalue weighted by Crippen LogP contribution is -2.08. The van der Waals surface area contributed by atoms with Gasteiger partial charge in [-0.1, -0.05) is 37.3 Å². The molecule has 2 aromatic rings. The fourth-order valence-corrected chi connectivity index (χ4v) is 2.03. The Balaban J connectivity index is 2.07. The number of hydrogen-bond donors (Lipinski definition) is 0. The van der Waals surface area contributed by atoms with Crippen LogP contribution in [0.5, 0.6) is 11.5 Å². The molecule has 25 heavy (non-hydrogen) atoms. The zero-order valence-corrected chi connectivity index (χ0v) is 14.2. The number of hydrogen-bond acceptors (Lipinski definition) is 5. The van der Waals surface area contributed by atoms with E-state index in [1.807, 2.05) is 37.3 Å². The van der Waals surface area contributed by atoms with Crippen molar-refractivity contribution in [2.24, 2.45) is 0 Å². The Morgan fingerprint density at radius 2 is 1.80 bits per heavy atom. The largest absolute Gasteiger partial charge is 0.493 e. The molecule has 2 aromatic carbocycles. The lowest BCUT2D eigenvalue weighted by Gasteiger charge is -2.10. The summed E-state index contributed by atoms with van der Waals surface area (Å²) in [5.41, 5.74) is 1.23. The Bertz CT molecular complexity index is 750. The first-order chi connectivity index (χ1) is 12.1. The van der Waals surface area contributed by atoms with Gasteiger partial charge in [0.15, 0.2) is 11.5 Å². The van der Waals surface area contributed by atoms with Crippen LogP contribution in [-0.2, 0) is 9.53 Å². The van der Waals surface area contributed by atoms with E-state index < -0.39 is 11.9 Å². The number of rotatable bonds is 7. The molecule has 5 nitrogen and oxygen atoms in total. The Morgan fingerprint density at radius 1 is 1.04 bits per heavy atom. The number of methoxy groups -OCH3 is 1. The van der Waals surface area contributed by atoms with Crippen LogP contribution in [-0.4, -0.2) is 25.7 Å². The monoisotopic (exact) mass is 340 g/mol. The van der Waals surface area contributed by atoms with Gasteiger partial charge in [-0.3, -0.25) is 0 Å². The van der Waals surface area contributed by atoms with E-state index in [1.165, 1.54) is 31.4 Å². The third-order valence-electron chi connectivity index (χ3n) is 3.26. The van der Waals surface area contributed by atoms with Gasteiger partial charge < -0.3 is 14.2 Å². The molecule has 0 aliphatic rings. The van der Waals surface area contributed by atoms with Crippen molar-refractivity contribution >= 4 is 18.0 Å². The standard InChI is InChI=1S/C20H20O5/c1-3-13-24-20(22)16-10-11-17(18(14-16)23-2)25-19(21)12-9-15-7-5-4-6-8-15/h4-12,14H,3,13H2,1-2H3. The molecule has 0 aliphatic carbocycles. The molecule has 0 N–H and O–H groups in total. The van der Waals surface area contributed by atoms with Gasteiger partial charge >= 0.3 is 11.9 Å². The van der Waals surface area contributed by atoms with Crippen molar-refractivity contribution in [2.75, 3.05) is 13.7 Å². The third-order valence-corrected chi connectivity index (χ3v) is 3.26. The van der Waals surface area contributed by atoms with Crippen molar-refractivity contribution in [3.8, 4) is 11.5 Å². The predicted molar refractivity (Wildman–Crippen MR) is 94.7 cm³/mol.